The molecule has 0 amide bonds. The van der Waals surface area contributed by atoms with Gasteiger partial charge < -0.3 is 15.2 Å². The van der Waals surface area contributed by atoms with Gasteiger partial charge in [0.05, 0.1) is 12.7 Å². The van der Waals surface area contributed by atoms with Gasteiger partial charge in [-0.3, -0.25) is 0 Å². The Morgan fingerprint density at radius 1 is 1.19 bits per heavy atom. The summed E-state index contributed by atoms with van der Waals surface area (Å²) < 4.78 is 5.18. The van der Waals surface area contributed by atoms with E-state index in [1.54, 1.807) is 19.2 Å². The normalized spacial score (nSPS) is 10.3. The van der Waals surface area contributed by atoms with Gasteiger partial charge in [-0.2, -0.15) is 0 Å². The summed E-state index contributed by atoms with van der Waals surface area (Å²) >= 11 is 0. The van der Waals surface area contributed by atoms with E-state index in [9.17, 15) is 4.79 Å². The van der Waals surface area contributed by atoms with Gasteiger partial charge >= 0.3 is 5.97 Å². The molecule has 2 rings (SSSR count). The van der Waals surface area contributed by atoms with Crippen LogP contribution in [0.15, 0.2) is 48.5 Å². The number of aromatic carboxylic acids is 1. The van der Waals surface area contributed by atoms with Crippen LogP contribution in [0.1, 0.15) is 21.5 Å². The fourth-order valence-corrected chi connectivity index (χ4v) is 2.19. The molecule has 0 fully saturated rings. The first-order valence-electron chi connectivity index (χ1n) is 6.85. The Bertz CT molecular complexity index is 610. The van der Waals surface area contributed by atoms with Gasteiger partial charge in [0.2, 0.25) is 0 Å². The number of carbonyl (C=O) groups is 1. The van der Waals surface area contributed by atoms with E-state index in [-0.39, 0.29) is 0 Å². The van der Waals surface area contributed by atoms with Crippen molar-refractivity contribution in [1.29, 1.82) is 0 Å². The van der Waals surface area contributed by atoms with Crippen LogP contribution in [-0.4, -0.2) is 24.7 Å². The molecule has 0 aliphatic heterocycles. The summed E-state index contributed by atoms with van der Waals surface area (Å²) in [4.78, 5) is 11.1. The molecule has 0 saturated carbocycles. The number of benzene rings is 2. The third-order valence-electron chi connectivity index (χ3n) is 3.28. The molecule has 4 nitrogen and oxygen atoms in total. The van der Waals surface area contributed by atoms with Gasteiger partial charge in [-0.15, -0.1) is 0 Å². The van der Waals surface area contributed by atoms with Crippen molar-refractivity contribution in [3.63, 3.8) is 0 Å². The molecule has 2 N–H and O–H groups in total. The summed E-state index contributed by atoms with van der Waals surface area (Å²) in [7, 11) is 1.65. The van der Waals surface area contributed by atoms with E-state index >= 15 is 0 Å². The van der Waals surface area contributed by atoms with Gasteiger partial charge in [-0.1, -0.05) is 30.3 Å². The van der Waals surface area contributed by atoms with Crippen LogP contribution in [0.3, 0.4) is 0 Å². The minimum atomic E-state index is -0.876. The van der Waals surface area contributed by atoms with Crippen molar-refractivity contribution in [3.05, 3.63) is 65.2 Å². The molecule has 2 aromatic rings. The predicted molar refractivity (Wildman–Crippen MR) is 81.8 cm³/mol. The highest BCUT2D eigenvalue weighted by molar-refractivity contribution is 5.89. The zero-order valence-electron chi connectivity index (χ0n) is 12.0. The lowest BCUT2D eigenvalue weighted by atomic mass is 10.0. The van der Waals surface area contributed by atoms with Gasteiger partial charge in [0.1, 0.15) is 5.75 Å². The molecule has 0 saturated heterocycles. The molecule has 0 aromatic heterocycles. The number of carboxylic acid groups (broad SMARTS) is 1. The summed E-state index contributed by atoms with van der Waals surface area (Å²) in [6.45, 7) is 1.45. The van der Waals surface area contributed by atoms with Crippen LogP contribution in [0, 0.1) is 0 Å². The monoisotopic (exact) mass is 285 g/mol. The number of hydrogen-bond donors (Lipinski definition) is 2. The van der Waals surface area contributed by atoms with Gasteiger partial charge in [0, 0.05) is 6.54 Å². The lowest BCUT2D eigenvalue weighted by Crippen LogP contribution is -2.17. The van der Waals surface area contributed by atoms with E-state index < -0.39 is 5.97 Å². The van der Waals surface area contributed by atoms with Crippen molar-refractivity contribution in [2.24, 2.45) is 0 Å². The topological polar surface area (TPSA) is 58.6 Å². The first-order chi connectivity index (χ1) is 10.2. The van der Waals surface area contributed by atoms with Gasteiger partial charge in [0.25, 0.3) is 0 Å². The summed E-state index contributed by atoms with van der Waals surface area (Å²) in [5, 5.41) is 12.4. The zero-order chi connectivity index (χ0) is 15.1. The largest absolute Gasteiger partial charge is 0.497 e. The molecule has 0 radical (unpaired) electrons. The van der Waals surface area contributed by atoms with Gasteiger partial charge in [0.15, 0.2) is 0 Å². The number of carboxylic acids is 1. The van der Waals surface area contributed by atoms with E-state index in [2.05, 4.69) is 5.32 Å². The first kappa shape index (κ1) is 15.1. The molecule has 0 unspecified atom stereocenters. The van der Waals surface area contributed by atoms with Crippen LogP contribution in [-0.2, 0) is 13.0 Å². The summed E-state index contributed by atoms with van der Waals surface area (Å²) in [6, 6.07) is 15.0. The molecule has 0 aliphatic carbocycles. The van der Waals surface area contributed by atoms with Gasteiger partial charge in [-0.05, 0) is 42.3 Å². The van der Waals surface area contributed by atoms with Crippen LogP contribution < -0.4 is 10.1 Å². The molecule has 0 atom stereocenters. The van der Waals surface area contributed by atoms with E-state index in [1.807, 2.05) is 36.4 Å². The average molecular weight is 285 g/mol. The second kappa shape index (κ2) is 7.45. The number of methoxy groups -OCH3 is 1. The Balaban J connectivity index is 1.86. The second-order valence-corrected chi connectivity index (χ2v) is 4.74. The molecular weight excluding hydrogens is 266 g/mol. The molecule has 21 heavy (non-hydrogen) atoms. The number of hydrogen-bond acceptors (Lipinski definition) is 3. The maximum atomic E-state index is 11.1. The van der Waals surface area contributed by atoms with Crippen LogP contribution >= 0.6 is 0 Å². The maximum Gasteiger partial charge on any atom is 0.335 e. The molecule has 110 valence electrons. The molecular formula is C17H19NO3. The Morgan fingerprint density at radius 3 is 2.76 bits per heavy atom. The van der Waals surface area contributed by atoms with Crippen molar-refractivity contribution in [2.45, 2.75) is 13.0 Å². The lowest BCUT2D eigenvalue weighted by Gasteiger charge is -2.08. The summed E-state index contributed by atoms with van der Waals surface area (Å²) in [5.41, 5.74) is 2.37. The summed E-state index contributed by atoms with van der Waals surface area (Å²) in [5.74, 6) is -0.0380. The Labute approximate surface area is 124 Å². The molecule has 0 bridgehead atoms. The minimum Gasteiger partial charge on any atom is -0.497 e. The van der Waals surface area contributed by atoms with E-state index in [0.29, 0.717) is 12.0 Å². The van der Waals surface area contributed by atoms with Crippen molar-refractivity contribution >= 4 is 5.97 Å². The minimum absolute atomic E-state index is 0.376. The van der Waals surface area contributed by atoms with E-state index in [1.165, 1.54) is 0 Å². The van der Waals surface area contributed by atoms with Crippen molar-refractivity contribution in [1.82, 2.24) is 5.32 Å². The van der Waals surface area contributed by atoms with Crippen molar-refractivity contribution < 1.29 is 14.6 Å². The first-order valence-corrected chi connectivity index (χ1v) is 6.85. The molecule has 0 heterocycles. The quantitative estimate of drug-likeness (QED) is 0.768. The highest BCUT2D eigenvalue weighted by Crippen LogP contribution is 2.12. The lowest BCUT2D eigenvalue weighted by molar-refractivity contribution is 0.0695. The Kier molecular flexibility index (Phi) is 5.35. The zero-order valence-corrected chi connectivity index (χ0v) is 12.0. The standard InChI is InChI=1S/C17H19NO3/c1-21-15-7-4-5-13(11-15)12-18-10-9-14-6-2-3-8-16(14)17(19)20/h2-8,11,18H,9-10,12H2,1H3,(H,19,20). The van der Waals surface area contributed by atoms with Crippen LogP contribution in [0.5, 0.6) is 5.75 Å². The molecule has 4 heteroatoms. The Morgan fingerprint density at radius 2 is 2.00 bits per heavy atom. The third kappa shape index (κ3) is 4.33. The SMILES string of the molecule is COc1cccc(CNCCc2ccccc2C(=O)O)c1. The third-order valence-corrected chi connectivity index (χ3v) is 3.28. The fourth-order valence-electron chi connectivity index (χ4n) is 2.19. The maximum absolute atomic E-state index is 11.1. The number of nitrogens with one attached hydrogen (secondary N) is 1. The fraction of sp³-hybridized carbons (Fsp3) is 0.235. The van der Waals surface area contributed by atoms with E-state index in [4.69, 9.17) is 9.84 Å². The smallest absolute Gasteiger partial charge is 0.335 e. The Hall–Kier alpha value is -2.33. The van der Waals surface area contributed by atoms with Gasteiger partial charge in [-0.25, -0.2) is 4.79 Å². The molecule has 0 aliphatic rings. The highest BCUT2D eigenvalue weighted by Gasteiger charge is 2.08. The molecule has 0 spiro atoms. The molecule has 2 aromatic carbocycles. The van der Waals surface area contributed by atoms with Crippen LogP contribution in [0.25, 0.3) is 0 Å². The van der Waals surface area contributed by atoms with Crippen LogP contribution in [0.4, 0.5) is 0 Å². The van der Waals surface area contributed by atoms with Crippen LogP contribution in [0.2, 0.25) is 0 Å². The summed E-state index contributed by atoms with van der Waals surface area (Å²) in [6.07, 6.45) is 0.687. The average Bonchev–Trinajstić information content (AvgIpc) is 2.52. The van der Waals surface area contributed by atoms with E-state index in [0.717, 1.165) is 30.0 Å². The number of ether oxygens (including phenoxy) is 1. The second-order valence-electron chi connectivity index (χ2n) is 4.74. The van der Waals surface area contributed by atoms with Crippen molar-refractivity contribution in [2.75, 3.05) is 13.7 Å². The predicted octanol–water partition coefficient (Wildman–Crippen LogP) is 2.73. The van der Waals surface area contributed by atoms with Crippen molar-refractivity contribution in [3.8, 4) is 5.75 Å². The highest BCUT2D eigenvalue weighted by atomic mass is 16.5. The number of rotatable bonds is 7.